The number of anilines is 2. The molecule has 10 nitrogen and oxygen atoms in total. The Morgan fingerprint density at radius 2 is 0.667 bits per heavy atom. The summed E-state index contributed by atoms with van der Waals surface area (Å²) in [5.41, 5.74) is 6.02. The molecule has 0 bridgehead atoms. The maximum absolute atomic E-state index is 12.4. The molecule has 0 atom stereocenters. The van der Waals surface area contributed by atoms with Gasteiger partial charge >= 0.3 is 23.9 Å². The number of benzene rings is 5. The second kappa shape index (κ2) is 19.3. The normalized spacial score (nSPS) is 10.9. The Hall–Kier alpha value is -5.90. The Labute approximate surface area is 316 Å². The van der Waals surface area contributed by atoms with Crippen LogP contribution in [0, 0.1) is 0 Å². The lowest BCUT2D eigenvalue weighted by Gasteiger charge is -2.23. The van der Waals surface area contributed by atoms with E-state index in [1.165, 1.54) is 11.1 Å². The Kier molecular flexibility index (Phi) is 14.0. The molecule has 0 heterocycles. The number of esters is 4. The highest BCUT2D eigenvalue weighted by Crippen LogP contribution is 2.36. The van der Waals surface area contributed by atoms with Crippen molar-refractivity contribution in [3.63, 3.8) is 0 Å². The zero-order valence-corrected chi connectivity index (χ0v) is 31.5. The summed E-state index contributed by atoms with van der Waals surface area (Å²) in [6.07, 6.45) is 1.34. The van der Waals surface area contributed by atoms with Gasteiger partial charge in [0.25, 0.3) is 0 Å². The highest BCUT2D eigenvalue weighted by Gasteiger charge is 2.20. The van der Waals surface area contributed by atoms with E-state index in [0.29, 0.717) is 12.8 Å². The molecule has 0 unspecified atom stereocenters. The van der Waals surface area contributed by atoms with Crippen LogP contribution in [-0.2, 0) is 51.0 Å². The number of carbonyl (C=O) groups is 4. The van der Waals surface area contributed by atoms with Crippen LogP contribution in [0.1, 0.15) is 49.9 Å². The molecule has 0 aliphatic carbocycles. The highest BCUT2D eigenvalue weighted by atomic mass is 16.5. The first-order valence-electron chi connectivity index (χ1n) is 18.5. The van der Waals surface area contributed by atoms with E-state index >= 15 is 0 Å². The third-order valence-corrected chi connectivity index (χ3v) is 9.02. The van der Waals surface area contributed by atoms with Crippen molar-refractivity contribution < 1.29 is 38.1 Å². The molecule has 0 spiro atoms. The molecule has 5 aromatic rings. The van der Waals surface area contributed by atoms with Crippen LogP contribution in [0.2, 0.25) is 0 Å². The minimum Gasteiger partial charge on any atom is -0.465 e. The quantitative estimate of drug-likeness (QED) is 0.0529. The lowest BCUT2D eigenvalue weighted by molar-refractivity contribution is -0.144. The van der Waals surface area contributed by atoms with Crippen LogP contribution in [0.25, 0.3) is 21.5 Å². The van der Waals surface area contributed by atoms with Gasteiger partial charge in [0.15, 0.2) is 0 Å². The first kappa shape index (κ1) is 39.3. The molecule has 5 rings (SSSR count). The van der Waals surface area contributed by atoms with Gasteiger partial charge < -0.3 is 28.7 Å². The predicted octanol–water partition coefficient (Wildman–Crippen LogP) is 7.04. The maximum atomic E-state index is 12.4. The van der Waals surface area contributed by atoms with Gasteiger partial charge in [-0.25, -0.2) is 0 Å². The van der Waals surface area contributed by atoms with Gasteiger partial charge in [0, 0.05) is 11.4 Å². The predicted molar refractivity (Wildman–Crippen MR) is 211 cm³/mol. The van der Waals surface area contributed by atoms with E-state index in [2.05, 4.69) is 48.5 Å². The van der Waals surface area contributed by atoms with Crippen LogP contribution >= 0.6 is 0 Å². The van der Waals surface area contributed by atoms with E-state index in [0.717, 1.165) is 44.0 Å². The van der Waals surface area contributed by atoms with E-state index in [1.807, 2.05) is 48.5 Å². The van der Waals surface area contributed by atoms with Gasteiger partial charge in [-0.05, 0) is 109 Å². The van der Waals surface area contributed by atoms with Gasteiger partial charge in [-0.1, -0.05) is 72.8 Å². The molecule has 0 amide bonds. The Morgan fingerprint density at radius 3 is 0.907 bits per heavy atom. The van der Waals surface area contributed by atoms with E-state index in [9.17, 15) is 19.2 Å². The topological polar surface area (TPSA) is 112 Å². The standard InChI is InChI=1S/C44H48N2O8/c1-5-51-41(47)27-45(28-42(48)52-6-2)33-21-17-31(18-22-33)25-39-35-13-9-11-15-37(35)40(38-16-12-10-14-36(38)39)26-32-19-23-34(24-20-32)46(29-43(49)53-7-3)30-44(50)54-8-4/h9-24H,5-8,25-30H2,1-4H3. The number of carbonyl (C=O) groups excluding carboxylic acids is 4. The van der Waals surface area contributed by atoms with E-state index in [1.54, 1.807) is 37.5 Å². The summed E-state index contributed by atoms with van der Waals surface area (Å²) in [6, 6.07) is 32.8. The van der Waals surface area contributed by atoms with E-state index in [-0.39, 0.29) is 52.6 Å². The van der Waals surface area contributed by atoms with Crippen molar-refractivity contribution in [2.75, 3.05) is 62.4 Å². The number of hydrogen-bond donors (Lipinski definition) is 0. The lowest BCUT2D eigenvalue weighted by Crippen LogP contribution is -2.36. The van der Waals surface area contributed by atoms with E-state index in [4.69, 9.17) is 18.9 Å². The van der Waals surface area contributed by atoms with Gasteiger partial charge in [0.05, 0.1) is 26.4 Å². The summed E-state index contributed by atoms with van der Waals surface area (Å²) in [7, 11) is 0. The van der Waals surface area contributed by atoms with Crippen LogP contribution in [0.5, 0.6) is 0 Å². The molecule has 54 heavy (non-hydrogen) atoms. The van der Waals surface area contributed by atoms with Gasteiger partial charge in [0.2, 0.25) is 0 Å². The Balaban J connectivity index is 1.44. The van der Waals surface area contributed by atoms with Crippen LogP contribution in [0.3, 0.4) is 0 Å². The molecule has 282 valence electrons. The minimum absolute atomic E-state index is 0.0646. The molecular formula is C44H48N2O8. The van der Waals surface area contributed by atoms with Crippen molar-refractivity contribution in [1.29, 1.82) is 0 Å². The Morgan fingerprint density at radius 1 is 0.407 bits per heavy atom. The maximum Gasteiger partial charge on any atom is 0.325 e. The average molecular weight is 733 g/mol. The molecule has 10 heteroatoms. The van der Waals surface area contributed by atoms with Crippen LogP contribution in [0.15, 0.2) is 97.1 Å². The van der Waals surface area contributed by atoms with Gasteiger partial charge in [-0.15, -0.1) is 0 Å². The number of hydrogen-bond acceptors (Lipinski definition) is 10. The lowest BCUT2D eigenvalue weighted by atomic mass is 9.86. The largest absolute Gasteiger partial charge is 0.465 e. The fourth-order valence-corrected chi connectivity index (χ4v) is 6.67. The van der Waals surface area contributed by atoms with Gasteiger partial charge in [-0.2, -0.15) is 0 Å². The van der Waals surface area contributed by atoms with Crippen LogP contribution < -0.4 is 9.80 Å². The minimum atomic E-state index is -0.412. The summed E-state index contributed by atoms with van der Waals surface area (Å²) in [5.74, 6) is -1.65. The first-order chi connectivity index (χ1) is 26.2. The zero-order valence-electron chi connectivity index (χ0n) is 31.5. The van der Waals surface area contributed by atoms with Crippen molar-refractivity contribution in [3.8, 4) is 0 Å². The average Bonchev–Trinajstić information content (AvgIpc) is 3.16. The molecule has 0 aliphatic rings. The van der Waals surface area contributed by atoms with Crippen molar-refractivity contribution in [1.82, 2.24) is 0 Å². The monoisotopic (exact) mass is 732 g/mol. The zero-order chi connectivity index (χ0) is 38.5. The van der Waals surface area contributed by atoms with Crippen LogP contribution in [0.4, 0.5) is 11.4 Å². The van der Waals surface area contributed by atoms with Gasteiger partial charge in [0.1, 0.15) is 26.2 Å². The van der Waals surface area contributed by atoms with Crippen molar-refractivity contribution in [3.05, 3.63) is 119 Å². The highest BCUT2D eigenvalue weighted by molar-refractivity contribution is 6.06. The number of nitrogens with zero attached hydrogens (tertiary/aromatic N) is 2. The van der Waals surface area contributed by atoms with Crippen LogP contribution in [-0.4, -0.2) is 76.5 Å². The molecule has 0 saturated heterocycles. The van der Waals surface area contributed by atoms with Crippen molar-refractivity contribution in [2.24, 2.45) is 0 Å². The summed E-state index contributed by atoms with van der Waals surface area (Å²) in [4.78, 5) is 52.8. The second-order valence-corrected chi connectivity index (χ2v) is 12.7. The summed E-state index contributed by atoms with van der Waals surface area (Å²) < 4.78 is 20.6. The summed E-state index contributed by atoms with van der Waals surface area (Å²) in [6.45, 7) is 7.78. The molecule has 0 N–H and O–H groups in total. The fraction of sp³-hybridized carbons (Fsp3) is 0.318. The molecule has 0 aromatic heterocycles. The SMILES string of the molecule is CCOC(=O)CN(CC(=O)OCC)c1ccc(Cc2c3ccccc3c(Cc3ccc(N(CC(=O)OCC)CC(=O)OCC)cc3)c3ccccc23)cc1. The van der Waals surface area contributed by atoms with Crippen molar-refractivity contribution in [2.45, 2.75) is 40.5 Å². The number of fused-ring (bicyclic) bond motifs is 2. The Bertz CT molecular complexity index is 1820. The fourth-order valence-electron chi connectivity index (χ4n) is 6.67. The molecule has 0 saturated carbocycles. The third kappa shape index (κ3) is 10.2. The molecule has 5 aromatic carbocycles. The van der Waals surface area contributed by atoms with Crippen molar-refractivity contribution >= 4 is 56.8 Å². The molecule has 0 radical (unpaired) electrons. The molecule has 0 aliphatic heterocycles. The summed E-state index contributed by atoms with van der Waals surface area (Å²) >= 11 is 0. The summed E-state index contributed by atoms with van der Waals surface area (Å²) in [5, 5.41) is 4.64. The molecular weight excluding hydrogens is 684 g/mol. The van der Waals surface area contributed by atoms with Gasteiger partial charge in [-0.3, -0.25) is 19.2 Å². The third-order valence-electron chi connectivity index (χ3n) is 9.02. The number of rotatable bonds is 18. The smallest absolute Gasteiger partial charge is 0.325 e. The molecule has 0 fully saturated rings. The second-order valence-electron chi connectivity index (χ2n) is 12.7. The number of ether oxygens (including phenoxy) is 4. The van der Waals surface area contributed by atoms with E-state index < -0.39 is 23.9 Å². The first-order valence-corrected chi connectivity index (χ1v) is 18.5.